The van der Waals surface area contributed by atoms with Gasteiger partial charge in [-0.25, -0.2) is 9.78 Å². The number of H-pyrrole nitrogens is 1. The third-order valence-corrected chi connectivity index (χ3v) is 4.50. The summed E-state index contributed by atoms with van der Waals surface area (Å²) >= 11 is 0. The molecule has 2 aromatic heterocycles. The predicted octanol–water partition coefficient (Wildman–Crippen LogP) is 5.00. The van der Waals surface area contributed by atoms with Crippen LogP contribution in [-0.2, 0) is 0 Å². The van der Waals surface area contributed by atoms with Crippen LogP contribution in [0, 0.1) is 0 Å². The highest BCUT2D eigenvalue weighted by atomic mass is 16.4. The molecule has 2 heterocycles. The van der Waals surface area contributed by atoms with Crippen LogP contribution in [0.5, 0.6) is 0 Å². The standard InChI is InChI=1S/C22H14N2O2/c25-22-17-12-15(14-6-2-1-3-7-14)10-11-19(17)24-21(26-22)20-13-16-8-4-5-9-18(16)23-20/h1-13,23H. The average Bonchev–Trinajstić information content (AvgIpc) is 3.13. The summed E-state index contributed by atoms with van der Waals surface area (Å²) in [5.41, 5.74) is 3.92. The zero-order valence-electron chi connectivity index (χ0n) is 13.8. The largest absolute Gasteiger partial charge is 0.401 e. The quantitative estimate of drug-likeness (QED) is 0.492. The van der Waals surface area contributed by atoms with E-state index in [0.717, 1.165) is 22.0 Å². The number of hydrogen-bond donors (Lipinski definition) is 1. The highest BCUT2D eigenvalue weighted by molar-refractivity contribution is 5.87. The van der Waals surface area contributed by atoms with E-state index in [1.807, 2.05) is 78.9 Å². The lowest BCUT2D eigenvalue weighted by atomic mass is 10.0. The van der Waals surface area contributed by atoms with Gasteiger partial charge in [0.2, 0.25) is 5.89 Å². The monoisotopic (exact) mass is 338 g/mol. The Morgan fingerprint density at radius 2 is 1.62 bits per heavy atom. The minimum Gasteiger partial charge on any atom is -0.401 e. The molecule has 1 N–H and O–H groups in total. The van der Waals surface area contributed by atoms with Crippen LogP contribution in [0.4, 0.5) is 0 Å². The lowest BCUT2D eigenvalue weighted by Crippen LogP contribution is -2.03. The van der Waals surface area contributed by atoms with Crippen LogP contribution in [0.1, 0.15) is 0 Å². The molecule has 0 aliphatic carbocycles. The van der Waals surface area contributed by atoms with Crippen molar-refractivity contribution in [1.82, 2.24) is 9.97 Å². The smallest absolute Gasteiger partial charge is 0.347 e. The molecule has 3 aromatic carbocycles. The minimum absolute atomic E-state index is 0.297. The summed E-state index contributed by atoms with van der Waals surface area (Å²) in [5.74, 6) is 0.297. The highest BCUT2D eigenvalue weighted by Crippen LogP contribution is 2.25. The summed E-state index contributed by atoms with van der Waals surface area (Å²) in [6.45, 7) is 0. The molecule has 4 nitrogen and oxygen atoms in total. The summed E-state index contributed by atoms with van der Waals surface area (Å²) in [7, 11) is 0. The maximum absolute atomic E-state index is 12.6. The molecule has 26 heavy (non-hydrogen) atoms. The predicted molar refractivity (Wildman–Crippen MR) is 103 cm³/mol. The molecule has 0 aliphatic heterocycles. The molecular weight excluding hydrogens is 324 g/mol. The zero-order valence-corrected chi connectivity index (χ0v) is 13.8. The molecule has 0 saturated carbocycles. The van der Waals surface area contributed by atoms with Crippen molar-refractivity contribution >= 4 is 21.8 Å². The number of hydrogen-bond acceptors (Lipinski definition) is 3. The van der Waals surface area contributed by atoms with Crippen molar-refractivity contribution < 1.29 is 4.42 Å². The summed E-state index contributed by atoms with van der Waals surface area (Å²) in [5, 5.41) is 1.53. The van der Waals surface area contributed by atoms with Crippen LogP contribution >= 0.6 is 0 Å². The summed E-state index contributed by atoms with van der Waals surface area (Å²) in [6.07, 6.45) is 0. The lowest BCUT2D eigenvalue weighted by Gasteiger charge is -2.04. The van der Waals surface area contributed by atoms with E-state index in [1.54, 1.807) is 0 Å². The number of para-hydroxylation sites is 1. The van der Waals surface area contributed by atoms with Crippen LogP contribution < -0.4 is 5.63 Å². The van der Waals surface area contributed by atoms with Crippen LogP contribution in [-0.4, -0.2) is 9.97 Å². The number of nitrogens with one attached hydrogen (secondary N) is 1. The number of rotatable bonds is 2. The molecule has 0 radical (unpaired) electrons. The second-order valence-electron chi connectivity index (χ2n) is 6.17. The first kappa shape index (κ1) is 14.7. The van der Waals surface area contributed by atoms with Gasteiger partial charge in [0.25, 0.3) is 0 Å². The number of benzene rings is 3. The van der Waals surface area contributed by atoms with Crippen LogP contribution in [0.15, 0.2) is 88.1 Å². The SMILES string of the molecule is O=c1oc(-c2cc3ccccc3[nH]2)nc2ccc(-c3ccccc3)cc12. The second-order valence-corrected chi connectivity index (χ2v) is 6.17. The summed E-state index contributed by atoms with van der Waals surface area (Å²) in [6, 6.07) is 25.4. The molecule has 0 atom stereocenters. The van der Waals surface area contributed by atoms with Crippen molar-refractivity contribution in [3.63, 3.8) is 0 Å². The van der Waals surface area contributed by atoms with Gasteiger partial charge in [0.05, 0.1) is 10.9 Å². The van der Waals surface area contributed by atoms with E-state index in [9.17, 15) is 4.79 Å². The third kappa shape index (κ3) is 2.40. The fourth-order valence-electron chi connectivity index (χ4n) is 3.19. The van der Waals surface area contributed by atoms with Crippen LogP contribution in [0.2, 0.25) is 0 Å². The first-order valence-corrected chi connectivity index (χ1v) is 8.36. The van der Waals surface area contributed by atoms with E-state index in [1.165, 1.54) is 0 Å². The Morgan fingerprint density at radius 3 is 2.46 bits per heavy atom. The molecule has 0 bridgehead atoms. The first-order valence-electron chi connectivity index (χ1n) is 8.36. The molecule has 0 aliphatic rings. The Hall–Kier alpha value is -3.66. The Morgan fingerprint density at radius 1 is 0.808 bits per heavy atom. The lowest BCUT2D eigenvalue weighted by molar-refractivity contribution is 0.517. The van der Waals surface area contributed by atoms with Gasteiger partial charge in [0.1, 0.15) is 5.69 Å². The first-order chi connectivity index (χ1) is 12.8. The van der Waals surface area contributed by atoms with Gasteiger partial charge < -0.3 is 9.40 Å². The maximum atomic E-state index is 12.6. The molecule has 0 saturated heterocycles. The summed E-state index contributed by atoms with van der Waals surface area (Å²) in [4.78, 5) is 20.3. The van der Waals surface area contributed by atoms with Crippen molar-refractivity contribution in [2.45, 2.75) is 0 Å². The number of fused-ring (bicyclic) bond motifs is 2. The van der Waals surface area contributed by atoms with Crippen molar-refractivity contribution in [2.24, 2.45) is 0 Å². The van der Waals surface area contributed by atoms with Crippen LogP contribution in [0.25, 0.3) is 44.5 Å². The van der Waals surface area contributed by atoms with Gasteiger partial charge in [0, 0.05) is 10.9 Å². The summed E-state index contributed by atoms with van der Waals surface area (Å²) < 4.78 is 5.50. The Kier molecular flexibility index (Phi) is 3.22. The van der Waals surface area contributed by atoms with E-state index in [0.29, 0.717) is 22.5 Å². The number of aromatic nitrogens is 2. The number of nitrogens with zero attached hydrogens (tertiary/aromatic N) is 1. The minimum atomic E-state index is -0.388. The fourth-order valence-corrected chi connectivity index (χ4v) is 3.19. The second kappa shape index (κ2) is 5.70. The molecule has 4 heteroatoms. The topological polar surface area (TPSA) is 58.9 Å². The number of aromatic amines is 1. The maximum Gasteiger partial charge on any atom is 0.347 e. The van der Waals surface area contributed by atoms with Gasteiger partial charge in [-0.2, -0.15) is 0 Å². The van der Waals surface area contributed by atoms with Crippen molar-refractivity contribution in [3.8, 4) is 22.7 Å². The zero-order chi connectivity index (χ0) is 17.5. The molecule has 124 valence electrons. The molecular formula is C22H14N2O2. The molecule has 0 spiro atoms. The van der Waals surface area contributed by atoms with Gasteiger partial charge >= 0.3 is 5.63 Å². The Bertz CT molecular complexity index is 1270. The van der Waals surface area contributed by atoms with Crippen molar-refractivity contribution in [3.05, 3.63) is 89.3 Å². The van der Waals surface area contributed by atoms with E-state index < -0.39 is 0 Å². The molecule has 0 fully saturated rings. The normalized spacial score (nSPS) is 11.2. The van der Waals surface area contributed by atoms with Gasteiger partial charge in [0.15, 0.2) is 0 Å². The van der Waals surface area contributed by atoms with Gasteiger partial charge in [-0.15, -0.1) is 0 Å². The van der Waals surface area contributed by atoms with E-state index in [2.05, 4.69) is 9.97 Å². The molecule has 5 aromatic rings. The molecule has 0 unspecified atom stereocenters. The Labute approximate surface area is 148 Å². The average molecular weight is 338 g/mol. The molecule has 5 rings (SSSR count). The molecule has 0 amide bonds. The fraction of sp³-hybridized carbons (Fsp3) is 0. The van der Waals surface area contributed by atoms with Crippen molar-refractivity contribution in [2.75, 3.05) is 0 Å². The van der Waals surface area contributed by atoms with E-state index >= 15 is 0 Å². The third-order valence-electron chi connectivity index (χ3n) is 4.50. The van der Waals surface area contributed by atoms with Gasteiger partial charge in [-0.05, 0) is 35.4 Å². The van der Waals surface area contributed by atoms with Gasteiger partial charge in [-0.3, -0.25) is 0 Å². The van der Waals surface area contributed by atoms with Crippen LogP contribution in [0.3, 0.4) is 0 Å². The van der Waals surface area contributed by atoms with Crippen molar-refractivity contribution in [1.29, 1.82) is 0 Å². The van der Waals surface area contributed by atoms with Gasteiger partial charge in [-0.1, -0.05) is 54.6 Å². The Balaban J connectivity index is 1.66. The highest BCUT2D eigenvalue weighted by Gasteiger charge is 2.12. The van der Waals surface area contributed by atoms with E-state index in [-0.39, 0.29) is 5.63 Å². The van der Waals surface area contributed by atoms with E-state index in [4.69, 9.17) is 4.42 Å².